The maximum atomic E-state index is 12.4. The van der Waals surface area contributed by atoms with Gasteiger partial charge in [-0.05, 0) is 38.8 Å². The second kappa shape index (κ2) is 9.00. The largest absolute Gasteiger partial charge is 0.457 e. The van der Waals surface area contributed by atoms with E-state index >= 15 is 0 Å². The SMILES string of the molecule is CC(=O)c1c(C)[nH]c(C(=O)COC(=O)CCCn2c(=O)oc3cc([N+](=O)[O-])ccc32)c1C. The number of benzene rings is 1. The average molecular weight is 443 g/mol. The van der Waals surface area contributed by atoms with Gasteiger partial charge in [0.25, 0.3) is 5.69 Å². The van der Waals surface area contributed by atoms with E-state index in [1.807, 2.05) is 0 Å². The Bertz CT molecular complexity index is 1290. The second-order valence-corrected chi connectivity index (χ2v) is 7.30. The number of hydrogen-bond acceptors (Lipinski definition) is 8. The lowest BCUT2D eigenvalue weighted by atomic mass is 10.1. The van der Waals surface area contributed by atoms with Gasteiger partial charge in [-0.2, -0.15) is 0 Å². The second-order valence-electron chi connectivity index (χ2n) is 7.30. The van der Waals surface area contributed by atoms with Gasteiger partial charge in [0.1, 0.15) is 0 Å². The minimum atomic E-state index is -0.692. The van der Waals surface area contributed by atoms with Crippen LogP contribution in [0.1, 0.15) is 51.9 Å². The van der Waals surface area contributed by atoms with Gasteiger partial charge >= 0.3 is 11.7 Å². The molecule has 3 aromatic rings. The van der Waals surface area contributed by atoms with Crippen LogP contribution in [0, 0.1) is 24.0 Å². The lowest BCUT2D eigenvalue weighted by molar-refractivity contribution is -0.384. The minimum absolute atomic E-state index is 0.0548. The molecule has 0 bridgehead atoms. The molecular formula is C21H21N3O8. The van der Waals surface area contributed by atoms with E-state index in [0.29, 0.717) is 22.3 Å². The van der Waals surface area contributed by atoms with Crippen LogP contribution in [0.25, 0.3) is 11.1 Å². The average Bonchev–Trinajstić information content (AvgIpc) is 3.20. The summed E-state index contributed by atoms with van der Waals surface area (Å²) in [7, 11) is 0. The van der Waals surface area contributed by atoms with Crippen molar-refractivity contribution < 1.29 is 28.5 Å². The van der Waals surface area contributed by atoms with Crippen LogP contribution < -0.4 is 5.76 Å². The molecule has 0 amide bonds. The van der Waals surface area contributed by atoms with Gasteiger partial charge < -0.3 is 14.1 Å². The van der Waals surface area contributed by atoms with Gasteiger partial charge in [0, 0.05) is 30.3 Å². The molecule has 0 aliphatic rings. The number of esters is 1. The third-order valence-corrected chi connectivity index (χ3v) is 5.06. The number of hydrogen-bond donors (Lipinski definition) is 1. The van der Waals surface area contributed by atoms with Crippen molar-refractivity contribution in [3.8, 4) is 0 Å². The summed E-state index contributed by atoms with van der Waals surface area (Å²) in [6.07, 6.45) is 0.175. The quantitative estimate of drug-likeness (QED) is 0.229. The van der Waals surface area contributed by atoms with Crippen LogP contribution in [0.5, 0.6) is 0 Å². The summed E-state index contributed by atoms with van der Waals surface area (Å²) in [5.41, 5.74) is 2.03. The van der Waals surface area contributed by atoms with Crippen LogP contribution in [0.2, 0.25) is 0 Å². The molecule has 3 rings (SSSR count). The number of Topliss-reactive ketones (excluding diaryl/α,β-unsaturated/α-hetero) is 2. The fourth-order valence-corrected chi connectivity index (χ4v) is 3.61. The van der Waals surface area contributed by atoms with Crippen LogP contribution in [-0.2, 0) is 16.1 Å². The van der Waals surface area contributed by atoms with Crippen molar-refractivity contribution in [2.24, 2.45) is 0 Å². The van der Waals surface area contributed by atoms with Gasteiger partial charge in [-0.15, -0.1) is 0 Å². The molecule has 11 heteroatoms. The van der Waals surface area contributed by atoms with E-state index in [9.17, 15) is 29.3 Å². The van der Waals surface area contributed by atoms with Crippen molar-refractivity contribution in [3.05, 3.63) is 61.4 Å². The third-order valence-electron chi connectivity index (χ3n) is 5.06. The highest BCUT2D eigenvalue weighted by atomic mass is 16.6. The number of aromatic nitrogens is 2. The summed E-state index contributed by atoms with van der Waals surface area (Å²) in [6.45, 7) is 4.40. The fourth-order valence-electron chi connectivity index (χ4n) is 3.61. The van der Waals surface area contributed by atoms with Crippen molar-refractivity contribution >= 4 is 34.3 Å². The molecule has 32 heavy (non-hydrogen) atoms. The number of rotatable bonds is 9. The van der Waals surface area contributed by atoms with E-state index in [1.165, 1.54) is 23.6 Å². The molecule has 0 radical (unpaired) electrons. The highest BCUT2D eigenvalue weighted by molar-refractivity contribution is 6.04. The zero-order valence-electron chi connectivity index (χ0n) is 17.7. The number of ketones is 2. The third kappa shape index (κ3) is 4.51. The summed E-state index contributed by atoms with van der Waals surface area (Å²) in [4.78, 5) is 61.2. The maximum absolute atomic E-state index is 12.4. The molecule has 0 aliphatic heterocycles. The van der Waals surface area contributed by atoms with E-state index in [1.54, 1.807) is 13.8 Å². The van der Waals surface area contributed by atoms with Crippen molar-refractivity contribution in [3.63, 3.8) is 0 Å². The molecule has 1 N–H and O–H groups in total. The number of fused-ring (bicyclic) bond motifs is 1. The monoisotopic (exact) mass is 443 g/mol. The van der Waals surface area contributed by atoms with Crippen LogP contribution in [0.4, 0.5) is 5.69 Å². The lowest BCUT2D eigenvalue weighted by Crippen LogP contribution is -2.17. The van der Waals surface area contributed by atoms with Crippen LogP contribution in [-0.4, -0.2) is 38.6 Å². The smallest absolute Gasteiger partial charge is 0.419 e. The Labute approximate surface area is 181 Å². The number of nitro groups is 1. The molecule has 2 heterocycles. The number of carbonyl (C=O) groups excluding carboxylic acids is 3. The van der Waals surface area contributed by atoms with Gasteiger partial charge in [-0.25, -0.2) is 4.79 Å². The highest BCUT2D eigenvalue weighted by Gasteiger charge is 2.21. The predicted octanol–water partition coefficient (Wildman–Crippen LogP) is 2.86. The topological polar surface area (TPSA) is 155 Å². The summed E-state index contributed by atoms with van der Waals surface area (Å²) < 4.78 is 11.3. The molecule has 0 saturated heterocycles. The van der Waals surface area contributed by atoms with E-state index < -0.39 is 29.0 Å². The molecule has 168 valence electrons. The molecule has 0 saturated carbocycles. The van der Waals surface area contributed by atoms with E-state index in [4.69, 9.17) is 9.15 Å². The number of non-ortho nitro benzene ring substituents is 1. The van der Waals surface area contributed by atoms with Crippen molar-refractivity contribution in [1.29, 1.82) is 0 Å². The van der Waals surface area contributed by atoms with Gasteiger partial charge in [0.15, 0.2) is 18.0 Å². The molecule has 0 atom stereocenters. The summed E-state index contributed by atoms with van der Waals surface area (Å²) in [6, 6.07) is 3.83. The first-order valence-electron chi connectivity index (χ1n) is 9.76. The first-order chi connectivity index (χ1) is 15.1. The van der Waals surface area contributed by atoms with Crippen LogP contribution >= 0.6 is 0 Å². The minimum Gasteiger partial charge on any atom is -0.457 e. The Kier molecular flexibility index (Phi) is 6.37. The number of ether oxygens (including phenoxy) is 1. The first kappa shape index (κ1) is 22.7. The zero-order valence-corrected chi connectivity index (χ0v) is 17.7. The Morgan fingerprint density at radius 2 is 1.97 bits per heavy atom. The predicted molar refractivity (Wildman–Crippen MR) is 112 cm³/mol. The number of aromatic amines is 1. The normalized spacial score (nSPS) is 11.0. The molecule has 0 spiro atoms. The molecule has 0 unspecified atom stereocenters. The van der Waals surface area contributed by atoms with Crippen LogP contribution in [0.3, 0.4) is 0 Å². The van der Waals surface area contributed by atoms with Crippen LogP contribution in [0.15, 0.2) is 27.4 Å². The van der Waals surface area contributed by atoms with E-state index in [-0.39, 0.29) is 42.1 Å². The highest BCUT2D eigenvalue weighted by Crippen LogP contribution is 2.21. The van der Waals surface area contributed by atoms with Gasteiger partial charge in [-0.3, -0.25) is 29.1 Å². The standard InChI is InChI=1S/C21H21N3O8/c1-11-19(13(3)25)12(2)22-20(11)16(26)10-31-18(27)5-4-8-23-15-7-6-14(24(29)30)9-17(15)32-21(23)28/h6-7,9,22H,4-5,8,10H2,1-3H3. The van der Waals surface area contributed by atoms with Crippen molar-refractivity contribution in [2.45, 2.75) is 40.2 Å². The lowest BCUT2D eigenvalue weighted by Gasteiger charge is -2.05. The molecule has 11 nitrogen and oxygen atoms in total. The number of oxazole rings is 1. The molecule has 1 aromatic carbocycles. The van der Waals surface area contributed by atoms with Gasteiger partial charge in [0.05, 0.1) is 22.2 Å². The summed E-state index contributed by atoms with van der Waals surface area (Å²) >= 11 is 0. The van der Waals surface area contributed by atoms with Gasteiger partial charge in [0.2, 0.25) is 5.78 Å². The number of nitrogens with zero attached hydrogens (tertiary/aromatic N) is 2. The molecular weight excluding hydrogens is 422 g/mol. The Balaban J connectivity index is 1.56. The Morgan fingerprint density at radius 3 is 2.59 bits per heavy atom. The van der Waals surface area contributed by atoms with Crippen molar-refractivity contribution in [2.75, 3.05) is 6.61 Å². The number of nitro benzene ring substituents is 1. The van der Waals surface area contributed by atoms with E-state index in [0.717, 1.165) is 6.07 Å². The number of nitrogens with one attached hydrogen (secondary N) is 1. The number of aryl methyl sites for hydroxylation is 2. The molecule has 0 fully saturated rings. The molecule has 2 aromatic heterocycles. The fraction of sp³-hybridized carbons (Fsp3) is 0.333. The zero-order chi connectivity index (χ0) is 23.6. The molecule has 0 aliphatic carbocycles. The van der Waals surface area contributed by atoms with E-state index in [2.05, 4.69) is 4.98 Å². The van der Waals surface area contributed by atoms with Gasteiger partial charge in [-0.1, -0.05) is 0 Å². The Morgan fingerprint density at radius 1 is 1.25 bits per heavy atom. The van der Waals surface area contributed by atoms with Crippen molar-refractivity contribution in [1.82, 2.24) is 9.55 Å². The summed E-state index contributed by atoms with van der Waals surface area (Å²) in [5.74, 6) is -1.93. The number of carbonyl (C=O) groups is 3. The maximum Gasteiger partial charge on any atom is 0.419 e. The summed E-state index contributed by atoms with van der Waals surface area (Å²) in [5, 5.41) is 10.8. The number of H-pyrrole nitrogens is 1. The Hall–Kier alpha value is -4.02. The first-order valence-corrected chi connectivity index (χ1v) is 9.76.